The topological polar surface area (TPSA) is 155 Å². The molecule has 456 valence electrons. The normalized spacial score (nSPS) is 14.1. The number of carbonyl (C=O) groups excluding carboxylic acids is 3. The molecule has 0 spiro atoms. The van der Waals surface area contributed by atoms with Crippen LogP contribution in [0.5, 0.6) is 0 Å². The van der Waals surface area contributed by atoms with Crippen molar-refractivity contribution in [1.82, 2.24) is 0 Å². The summed E-state index contributed by atoms with van der Waals surface area (Å²) >= 11 is 0. The molecule has 0 saturated heterocycles. The van der Waals surface area contributed by atoms with Crippen LogP contribution in [0.15, 0.2) is 122 Å². The number of allylic oxidation sites excluding steroid dienone is 20. The molecule has 0 aliphatic heterocycles. The summed E-state index contributed by atoms with van der Waals surface area (Å²) in [5.74, 6) is -1.57. The quantitative estimate of drug-likeness (QED) is 0.0197. The van der Waals surface area contributed by atoms with E-state index in [1.165, 1.54) is 64.2 Å². The van der Waals surface area contributed by atoms with E-state index in [1.807, 2.05) is 12.2 Å². The zero-order chi connectivity index (χ0) is 58.3. The van der Waals surface area contributed by atoms with Crippen molar-refractivity contribution in [2.45, 2.75) is 264 Å². The van der Waals surface area contributed by atoms with Gasteiger partial charge in [-0.2, -0.15) is 0 Å². The molecule has 0 fully saturated rings. The van der Waals surface area contributed by atoms with Crippen LogP contribution in [0, 0.1) is 0 Å². The van der Waals surface area contributed by atoms with Crippen molar-refractivity contribution in [3.8, 4) is 0 Å². The average molecular weight is 1140 g/mol. The first kappa shape index (κ1) is 75.9. The maximum absolute atomic E-state index is 12.9. The summed E-state index contributed by atoms with van der Waals surface area (Å²) in [5, 5.41) is 9.85. The number of aliphatic hydroxyl groups is 1. The number of unbranched alkanes of at least 4 members (excludes halogenated alkanes) is 20. The van der Waals surface area contributed by atoms with Gasteiger partial charge in [-0.1, -0.05) is 226 Å². The van der Waals surface area contributed by atoms with Crippen LogP contribution < -0.4 is 0 Å². The number of carbonyl (C=O) groups is 3. The van der Waals surface area contributed by atoms with E-state index in [0.717, 1.165) is 122 Å². The molecular formula is C68H113O11P. The molecule has 0 amide bonds. The summed E-state index contributed by atoms with van der Waals surface area (Å²) in [6.07, 6.45) is 75.8. The predicted molar refractivity (Wildman–Crippen MR) is 334 cm³/mol. The molecule has 0 radical (unpaired) electrons. The van der Waals surface area contributed by atoms with Gasteiger partial charge in [-0.15, -0.1) is 0 Å². The second-order valence-corrected chi connectivity index (χ2v) is 21.9. The Balaban J connectivity index is 4.82. The van der Waals surface area contributed by atoms with Gasteiger partial charge in [0.05, 0.1) is 19.8 Å². The lowest BCUT2D eigenvalue weighted by molar-refractivity contribution is -0.161. The van der Waals surface area contributed by atoms with Gasteiger partial charge in [-0.05, 0) is 128 Å². The first-order valence-electron chi connectivity index (χ1n) is 31.4. The number of rotatable bonds is 57. The van der Waals surface area contributed by atoms with Crippen molar-refractivity contribution in [2.75, 3.05) is 26.4 Å². The highest BCUT2D eigenvalue weighted by atomic mass is 31.2. The molecule has 0 heterocycles. The van der Waals surface area contributed by atoms with Crippen molar-refractivity contribution in [2.24, 2.45) is 0 Å². The summed E-state index contributed by atoms with van der Waals surface area (Å²) in [4.78, 5) is 48.7. The molecule has 0 saturated carbocycles. The van der Waals surface area contributed by atoms with E-state index in [-0.39, 0.29) is 25.9 Å². The van der Waals surface area contributed by atoms with Crippen LogP contribution in [0.4, 0.5) is 0 Å². The molecule has 12 heteroatoms. The number of phosphoric acid groups is 1. The molecular weight excluding hydrogens is 1020 g/mol. The smallest absolute Gasteiger partial charge is 0.462 e. The number of hydrogen-bond acceptors (Lipinski definition) is 10. The van der Waals surface area contributed by atoms with Gasteiger partial charge >= 0.3 is 25.7 Å². The van der Waals surface area contributed by atoms with Crippen LogP contribution in [0.2, 0.25) is 0 Å². The van der Waals surface area contributed by atoms with Crippen molar-refractivity contribution in [3.63, 3.8) is 0 Å². The third-order valence-corrected chi connectivity index (χ3v) is 13.8. The molecule has 3 unspecified atom stereocenters. The first-order valence-corrected chi connectivity index (χ1v) is 32.9. The van der Waals surface area contributed by atoms with E-state index >= 15 is 0 Å². The van der Waals surface area contributed by atoms with Gasteiger partial charge in [0.2, 0.25) is 0 Å². The minimum atomic E-state index is -4.78. The molecule has 0 rings (SSSR count). The average Bonchev–Trinajstić information content (AvgIpc) is 3.45. The third kappa shape index (κ3) is 58.5. The summed E-state index contributed by atoms with van der Waals surface area (Å²) in [5.41, 5.74) is 0. The van der Waals surface area contributed by atoms with Gasteiger partial charge in [-0.3, -0.25) is 23.4 Å². The van der Waals surface area contributed by atoms with Crippen LogP contribution in [0.25, 0.3) is 0 Å². The Morgan fingerprint density at radius 1 is 0.362 bits per heavy atom. The Bertz CT molecular complexity index is 1800. The lowest BCUT2D eigenvalue weighted by Gasteiger charge is -2.21. The highest BCUT2D eigenvalue weighted by molar-refractivity contribution is 7.47. The lowest BCUT2D eigenvalue weighted by atomic mass is 10.1. The zero-order valence-corrected chi connectivity index (χ0v) is 51.4. The SMILES string of the molecule is CC/C=C\C/C=C\C/C=C\C/C=C\C/C=C\CCCC(=O)OC(COC(=O)CCCCCCCC/C=C\C/C=C\C/C=C\CCCCC)COP(=O)(O)OCC(CO)OC(=O)CCCCCCCCC/C=C\C/C=C\CCCCC. The van der Waals surface area contributed by atoms with Gasteiger partial charge in [0.25, 0.3) is 0 Å². The van der Waals surface area contributed by atoms with Crippen molar-refractivity contribution >= 4 is 25.7 Å². The van der Waals surface area contributed by atoms with Crippen LogP contribution in [-0.4, -0.2) is 66.5 Å². The Morgan fingerprint density at radius 2 is 0.662 bits per heavy atom. The monoisotopic (exact) mass is 1140 g/mol. The number of esters is 3. The van der Waals surface area contributed by atoms with Crippen LogP contribution in [0.1, 0.15) is 252 Å². The van der Waals surface area contributed by atoms with E-state index in [4.69, 9.17) is 23.3 Å². The molecule has 2 N–H and O–H groups in total. The van der Waals surface area contributed by atoms with E-state index < -0.39 is 57.8 Å². The minimum absolute atomic E-state index is 0.0799. The van der Waals surface area contributed by atoms with E-state index in [9.17, 15) is 28.9 Å². The summed E-state index contributed by atoms with van der Waals surface area (Å²) in [6.45, 7) is 4.40. The largest absolute Gasteiger partial charge is 0.472 e. The number of phosphoric ester groups is 1. The Morgan fingerprint density at radius 3 is 1.05 bits per heavy atom. The standard InChI is InChI=1S/C68H113O11P/c1-4-7-10-13-16-19-22-25-28-31-32-35-36-39-42-45-48-51-54-57-66(70)75-61-65(79-68(72)59-56-53-50-47-44-41-38-34-30-27-24-21-18-15-12-9-6-3)63-77-80(73,74)76-62-64(60-69)78-67(71)58-55-52-49-46-43-40-37-33-29-26-23-20-17-14-11-8-5-2/h9,12,16-21,25-30,32,35,38,41,47,50,64-65,69H,4-8,10-11,13-15,22-24,31,33-34,36-37,39-40,42-46,48-49,51-63H2,1-3H3,(H,73,74)/b12-9-,19-16-,20-17-,21-18-,28-25-,29-26-,30-27-,35-32-,41-38-,50-47-. The maximum atomic E-state index is 12.9. The molecule has 0 aromatic rings. The molecule has 0 aromatic carbocycles. The first-order chi connectivity index (χ1) is 39.2. The van der Waals surface area contributed by atoms with Crippen LogP contribution in [-0.2, 0) is 42.2 Å². The van der Waals surface area contributed by atoms with E-state index in [1.54, 1.807) is 0 Å². The molecule has 0 aromatic heterocycles. The highest BCUT2D eigenvalue weighted by Crippen LogP contribution is 2.43. The number of ether oxygens (including phenoxy) is 3. The van der Waals surface area contributed by atoms with Gasteiger partial charge in [0.1, 0.15) is 12.7 Å². The minimum Gasteiger partial charge on any atom is -0.462 e. The fraction of sp³-hybridized carbons (Fsp3) is 0.662. The molecule has 11 nitrogen and oxygen atoms in total. The lowest BCUT2D eigenvalue weighted by Crippen LogP contribution is -2.30. The Kier molecular flexibility index (Phi) is 57.8. The van der Waals surface area contributed by atoms with Gasteiger partial charge < -0.3 is 24.2 Å². The fourth-order valence-corrected chi connectivity index (χ4v) is 8.86. The number of hydrogen-bond donors (Lipinski definition) is 2. The second kappa shape index (κ2) is 61.0. The molecule has 3 atom stereocenters. The predicted octanol–water partition coefficient (Wildman–Crippen LogP) is 19.1. The highest BCUT2D eigenvalue weighted by Gasteiger charge is 2.28. The Labute approximate surface area is 487 Å². The summed E-state index contributed by atoms with van der Waals surface area (Å²) < 4.78 is 39.6. The van der Waals surface area contributed by atoms with Crippen molar-refractivity contribution < 1.29 is 52.2 Å². The summed E-state index contributed by atoms with van der Waals surface area (Å²) in [6, 6.07) is 0. The van der Waals surface area contributed by atoms with Crippen molar-refractivity contribution in [3.05, 3.63) is 122 Å². The summed E-state index contributed by atoms with van der Waals surface area (Å²) in [7, 11) is -4.78. The van der Waals surface area contributed by atoms with E-state index in [2.05, 4.69) is 130 Å². The molecule has 0 bridgehead atoms. The maximum Gasteiger partial charge on any atom is 0.472 e. The van der Waals surface area contributed by atoms with Gasteiger partial charge in [0.15, 0.2) is 6.10 Å². The van der Waals surface area contributed by atoms with Gasteiger partial charge in [0, 0.05) is 19.3 Å². The molecule has 80 heavy (non-hydrogen) atoms. The van der Waals surface area contributed by atoms with Crippen LogP contribution in [0.3, 0.4) is 0 Å². The third-order valence-electron chi connectivity index (χ3n) is 12.8. The Hall–Kier alpha value is -4.12. The van der Waals surface area contributed by atoms with E-state index in [0.29, 0.717) is 25.7 Å². The number of aliphatic hydroxyl groups excluding tert-OH is 1. The zero-order valence-electron chi connectivity index (χ0n) is 50.5. The molecule has 0 aliphatic rings. The molecule has 0 aliphatic carbocycles. The second-order valence-electron chi connectivity index (χ2n) is 20.5. The van der Waals surface area contributed by atoms with Crippen molar-refractivity contribution in [1.29, 1.82) is 0 Å². The van der Waals surface area contributed by atoms with Gasteiger partial charge in [-0.25, -0.2) is 4.57 Å². The fourth-order valence-electron chi connectivity index (χ4n) is 8.08. The van der Waals surface area contributed by atoms with Crippen LogP contribution >= 0.6 is 7.82 Å².